The van der Waals surface area contributed by atoms with Crippen molar-refractivity contribution in [3.8, 4) is 0 Å². The van der Waals surface area contributed by atoms with Crippen molar-refractivity contribution in [1.29, 1.82) is 0 Å². The quantitative estimate of drug-likeness (QED) is 0.776. The minimum absolute atomic E-state index is 0.587. The van der Waals surface area contributed by atoms with Crippen LogP contribution < -0.4 is 4.90 Å². The zero-order valence-corrected chi connectivity index (χ0v) is 10.00. The molecule has 0 radical (unpaired) electrons. The molecule has 0 aromatic carbocycles. The fourth-order valence-electron chi connectivity index (χ4n) is 1.61. The lowest BCUT2D eigenvalue weighted by atomic mass is 10.2. The van der Waals surface area contributed by atoms with Crippen LogP contribution in [0.4, 0.5) is 5.95 Å². The van der Waals surface area contributed by atoms with Crippen LogP contribution in [0.3, 0.4) is 0 Å². The average molecular weight is 277 g/mol. The summed E-state index contributed by atoms with van der Waals surface area (Å²) in [5, 5.41) is 0. The van der Waals surface area contributed by atoms with E-state index in [9.17, 15) is 0 Å². The van der Waals surface area contributed by atoms with Gasteiger partial charge in [-0.3, -0.25) is 0 Å². The van der Waals surface area contributed by atoms with Gasteiger partial charge in [-0.25, -0.2) is 9.97 Å². The Morgan fingerprint density at radius 3 is 2.79 bits per heavy atom. The number of hydrogen-bond donors (Lipinski definition) is 0. The Bertz CT molecular complexity index is 303. The van der Waals surface area contributed by atoms with Gasteiger partial charge in [-0.1, -0.05) is 0 Å². The lowest BCUT2D eigenvalue weighted by Gasteiger charge is -2.15. The molecule has 0 aliphatic carbocycles. The minimum Gasteiger partial charge on any atom is -0.340 e. The number of aromatic nitrogens is 2. The Labute approximate surface area is 96.6 Å². The molecule has 1 aromatic rings. The molecule has 0 saturated carbocycles. The highest BCUT2D eigenvalue weighted by Crippen LogP contribution is 2.21. The van der Waals surface area contributed by atoms with E-state index in [0.29, 0.717) is 5.92 Å². The van der Waals surface area contributed by atoms with Crippen LogP contribution >= 0.6 is 27.5 Å². The van der Waals surface area contributed by atoms with Crippen molar-refractivity contribution < 1.29 is 0 Å². The number of alkyl halides is 1. The summed E-state index contributed by atoms with van der Waals surface area (Å²) in [5.41, 5.74) is 0. The van der Waals surface area contributed by atoms with Gasteiger partial charge in [0.15, 0.2) is 0 Å². The molecule has 14 heavy (non-hydrogen) atoms. The van der Waals surface area contributed by atoms with Gasteiger partial charge >= 0.3 is 0 Å². The maximum Gasteiger partial charge on any atom is 0.225 e. The number of halogens is 2. The van der Waals surface area contributed by atoms with E-state index in [2.05, 4.69) is 30.8 Å². The van der Waals surface area contributed by atoms with Crippen molar-refractivity contribution in [2.45, 2.75) is 6.42 Å². The molecule has 3 nitrogen and oxygen atoms in total. The third-order valence-electron chi connectivity index (χ3n) is 2.39. The van der Waals surface area contributed by atoms with Crippen molar-refractivity contribution in [1.82, 2.24) is 9.97 Å². The Morgan fingerprint density at radius 2 is 2.21 bits per heavy atom. The van der Waals surface area contributed by atoms with E-state index < -0.39 is 0 Å². The molecule has 2 rings (SSSR count). The first kappa shape index (κ1) is 10.2. The maximum absolute atomic E-state index is 5.81. The van der Waals surface area contributed by atoms with E-state index in [-0.39, 0.29) is 0 Å². The molecule has 2 heterocycles. The monoisotopic (exact) mass is 275 g/mol. The third kappa shape index (κ3) is 2.17. The second-order valence-electron chi connectivity index (χ2n) is 3.46. The summed E-state index contributed by atoms with van der Waals surface area (Å²) in [5.74, 6) is 2.12. The van der Waals surface area contributed by atoms with Crippen LogP contribution in [0.25, 0.3) is 0 Å². The molecule has 1 unspecified atom stereocenters. The fourth-order valence-corrected chi connectivity index (χ4v) is 2.07. The van der Waals surface area contributed by atoms with Crippen LogP contribution in [-0.2, 0) is 0 Å². The molecular weight excluding hydrogens is 265 g/mol. The van der Waals surface area contributed by atoms with Gasteiger partial charge in [0, 0.05) is 31.4 Å². The van der Waals surface area contributed by atoms with Crippen LogP contribution in [0, 0.1) is 5.92 Å². The summed E-state index contributed by atoms with van der Waals surface area (Å²) in [4.78, 5) is 10.7. The molecule has 1 aliphatic rings. The standard InChI is InChI=1S/C9H11BrClN3/c10-8-4-12-9(13-5-8)14-2-1-7(3-11)6-14/h4-5,7H,1-3,6H2. The molecule has 1 saturated heterocycles. The summed E-state index contributed by atoms with van der Waals surface area (Å²) >= 11 is 9.13. The molecule has 1 fully saturated rings. The van der Waals surface area contributed by atoms with Crippen molar-refractivity contribution in [2.75, 3.05) is 23.9 Å². The summed E-state index contributed by atoms with van der Waals surface area (Å²) in [7, 11) is 0. The molecule has 0 N–H and O–H groups in total. The lowest BCUT2D eigenvalue weighted by molar-refractivity contribution is 0.665. The first-order valence-electron chi connectivity index (χ1n) is 4.58. The molecule has 76 valence electrons. The highest BCUT2D eigenvalue weighted by atomic mass is 79.9. The molecule has 1 aliphatic heterocycles. The minimum atomic E-state index is 0.587. The molecule has 0 spiro atoms. The van der Waals surface area contributed by atoms with Crippen LogP contribution in [0.5, 0.6) is 0 Å². The second-order valence-corrected chi connectivity index (χ2v) is 4.68. The molecule has 5 heteroatoms. The Hall–Kier alpha value is -0.350. The van der Waals surface area contributed by atoms with E-state index in [1.807, 2.05) is 0 Å². The summed E-state index contributed by atoms with van der Waals surface area (Å²) in [6.45, 7) is 1.99. The topological polar surface area (TPSA) is 29.0 Å². The van der Waals surface area contributed by atoms with Gasteiger partial charge in [0.2, 0.25) is 5.95 Å². The van der Waals surface area contributed by atoms with Gasteiger partial charge in [-0.2, -0.15) is 0 Å². The van der Waals surface area contributed by atoms with E-state index >= 15 is 0 Å². The van der Waals surface area contributed by atoms with Gasteiger partial charge in [0.1, 0.15) is 0 Å². The van der Waals surface area contributed by atoms with Crippen LogP contribution in [0.1, 0.15) is 6.42 Å². The van der Waals surface area contributed by atoms with Crippen LogP contribution in [0.15, 0.2) is 16.9 Å². The van der Waals surface area contributed by atoms with Crippen LogP contribution in [-0.4, -0.2) is 28.9 Å². The molecule has 0 amide bonds. The Balaban J connectivity index is 2.06. The molecular formula is C9H11BrClN3. The Kier molecular flexibility index (Phi) is 3.23. The van der Waals surface area contributed by atoms with E-state index in [1.54, 1.807) is 12.4 Å². The first-order valence-corrected chi connectivity index (χ1v) is 5.91. The van der Waals surface area contributed by atoms with Crippen molar-refractivity contribution >= 4 is 33.5 Å². The SMILES string of the molecule is ClCC1CCN(c2ncc(Br)cn2)C1. The van der Waals surface area contributed by atoms with Gasteiger partial charge < -0.3 is 4.90 Å². The average Bonchev–Trinajstić information content (AvgIpc) is 2.67. The third-order valence-corrected chi connectivity index (χ3v) is 3.24. The van der Waals surface area contributed by atoms with Crippen molar-refractivity contribution in [2.24, 2.45) is 5.92 Å². The zero-order valence-electron chi connectivity index (χ0n) is 7.66. The number of hydrogen-bond acceptors (Lipinski definition) is 3. The van der Waals surface area contributed by atoms with Crippen molar-refractivity contribution in [3.05, 3.63) is 16.9 Å². The summed E-state index contributed by atoms with van der Waals surface area (Å²) in [6, 6.07) is 0. The predicted molar refractivity (Wildman–Crippen MR) is 60.8 cm³/mol. The smallest absolute Gasteiger partial charge is 0.225 e. The highest BCUT2D eigenvalue weighted by Gasteiger charge is 2.23. The summed E-state index contributed by atoms with van der Waals surface area (Å²) < 4.78 is 0.911. The number of rotatable bonds is 2. The highest BCUT2D eigenvalue weighted by molar-refractivity contribution is 9.10. The van der Waals surface area contributed by atoms with E-state index in [1.165, 1.54) is 0 Å². The number of anilines is 1. The predicted octanol–water partition coefficient (Wildman–Crippen LogP) is 2.30. The van der Waals surface area contributed by atoms with Crippen LogP contribution in [0.2, 0.25) is 0 Å². The fraction of sp³-hybridized carbons (Fsp3) is 0.556. The van der Waals surface area contributed by atoms with E-state index in [4.69, 9.17) is 11.6 Å². The number of nitrogens with zero attached hydrogens (tertiary/aromatic N) is 3. The zero-order chi connectivity index (χ0) is 9.97. The van der Waals surface area contributed by atoms with Gasteiger partial charge in [-0.05, 0) is 28.3 Å². The second kappa shape index (κ2) is 4.45. The van der Waals surface area contributed by atoms with Gasteiger partial charge in [0.25, 0.3) is 0 Å². The van der Waals surface area contributed by atoms with Crippen molar-refractivity contribution in [3.63, 3.8) is 0 Å². The maximum atomic E-state index is 5.81. The molecule has 1 aromatic heterocycles. The molecule has 1 atom stereocenters. The Morgan fingerprint density at radius 1 is 1.50 bits per heavy atom. The largest absolute Gasteiger partial charge is 0.340 e. The lowest BCUT2D eigenvalue weighted by Crippen LogP contribution is -2.22. The van der Waals surface area contributed by atoms with Gasteiger partial charge in [0.05, 0.1) is 4.47 Å². The normalized spacial score (nSPS) is 21.6. The first-order chi connectivity index (χ1) is 6.79. The van der Waals surface area contributed by atoms with E-state index in [0.717, 1.165) is 35.8 Å². The summed E-state index contributed by atoms with van der Waals surface area (Å²) in [6.07, 6.45) is 4.69. The van der Waals surface area contributed by atoms with Gasteiger partial charge in [-0.15, -0.1) is 11.6 Å². The molecule has 0 bridgehead atoms.